The Kier molecular flexibility index (Phi) is 4.54. The van der Waals surface area contributed by atoms with Crippen molar-refractivity contribution in [3.8, 4) is 17.2 Å². The Morgan fingerprint density at radius 1 is 0.962 bits per heavy atom. The highest BCUT2D eigenvalue weighted by atomic mass is 16.5. The molecule has 134 valence electrons. The van der Waals surface area contributed by atoms with Gasteiger partial charge in [0.15, 0.2) is 6.23 Å². The van der Waals surface area contributed by atoms with Gasteiger partial charge in [0.1, 0.15) is 11.5 Å². The van der Waals surface area contributed by atoms with Gasteiger partial charge in [0.05, 0.1) is 26.5 Å². The summed E-state index contributed by atoms with van der Waals surface area (Å²) in [6, 6.07) is 18.2. The Hall–Kier alpha value is -2.92. The van der Waals surface area contributed by atoms with Gasteiger partial charge in [-0.2, -0.15) is 0 Å². The molecule has 1 aromatic heterocycles. The van der Waals surface area contributed by atoms with Gasteiger partial charge in [-0.25, -0.2) is 0 Å². The van der Waals surface area contributed by atoms with E-state index in [1.165, 1.54) is 0 Å². The van der Waals surface area contributed by atoms with E-state index in [0.29, 0.717) is 6.61 Å². The van der Waals surface area contributed by atoms with Crippen molar-refractivity contribution in [1.82, 2.24) is 4.57 Å². The van der Waals surface area contributed by atoms with Crippen molar-refractivity contribution in [3.05, 3.63) is 72.6 Å². The molecule has 1 aliphatic rings. The maximum absolute atomic E-state index is 6.02. The Balaban J connectivity index is 1.61. The molecule has 0 saturated carbocycles. The SMILES string of the molecule is COc1ccc(N2CCO[C@H]2c2ccn(-c3ccccc3OC)c2)cc1. The van der Waals surface area contributed by atoms with E-state index in [1.807, 2.05) is 42.6 Å². The molecule has 1 aliphatic heterocycles. The molecular weight excluding hydrogens is 328 g/mol. The van der Waals surface area contributed by atoms with Crippen LogP contribution in [0.1, 0.15) is 11.8 Å². The van der Waals surface area contributed by atoms with Crippen LogP contribution in [0.25, 0.3) is 5.69 Å². The van der Waals surface area contributed by atoms with Crippen LogP contribution in [0.5, 0.6) is 11.5 Å². The van der Waals surface area contributed by atoms with Crippen LogP contribution < -0.4 is 14.4 Å². The van der Waals surface area contributed by atoms with E-state index in [2.05, 4.69) is 33.9 Å². The third-order valence-corrected chi connectivity index (χ3v) is 4.66. The molecule has 0 amide bonds. The van der Waals surface area contributed by atoms with Gasteiger partial charge in [-0.3, -0.25) is 0 Å². The molecule has 0 bridgehead atoms. The summed E-state index contributed by atoms with van der Waals surface area (Å²) in [5.41, 5.74) is 3.25. The molecule has 2 aromatic carbocycles. The van der Waals surface area contributed by atoms with Crippen LogP contribution in [0, 0.1) is 0 Å². The normalized spacial score (nSPS) is 16.7. The molecule has 0 spiro atoms. The van der Waals surface area contributed by atoms with Crippen molar-refractivity contribution in [1.29, 1.82) is 0 Å². The summed E-state index contributed by atoms with van der Waals surface area (Å²) in [6.07, 6.45) is 4.05. The van der Waals surface area contributed by atoms with E-state index in [9.17, 15) is 0 Å². The van der Waals surface area contributed by atoms with E-state index < -0.39 is 0 Å². The third kappa shape index (κ3) is 3.02. The van der Waals surface area contributed by atoms with Crippen molar-refractivity contribution >= 4 is 5.69 Å². The monoisotopic (exact) mass is 350 g/mol. The zero-order chi connectivity index (χ0) is 17.9. The van der Waals surface area contributed by atoms with Crippen LogP contribution in [-0.4, -0.2) is 31.9 Å². The Labute approximate surface area is 153 Å². The second-order valence-corrected chi connectivity index (χ2v) is 6.14. The first kappa shape index (κ1) is 16.5. The lowest BCUT2D eigenvalue weighted by atomic mass is 10.2. The molecule has 1 atom stereocenters. The Bertz CT molecular complexity index is 873. The van der Waals surface area contributed by atoms with Gasteiger partial charge in [-0.05, 0) is 42.5 Å². The number of benzene rings is 2. The van der Waals surface area contributed by atoms with Gasteiger partial charge in [-0.15, -0.1) is 0 Å². The third-order valence-electron chi connectivity index (χ3n) is 4.66. The number of hydrogen-bond donors (Lipinski definition) is 0. The first-order chi connectivity index (χ1) is 12.8. The lowest BCUT2D eigenvalue weighted by Gasteiger charge is -2.24. The number of anilines is 1. The van der Waals surface area contributed by atoms with E-state index in [4.69, 9.17) is 14.2 Å². The largest absolute Gasteiger partial charge is 0.497 e. The predicted molar refractivity (Wildman–Crippen MR) is 101 cm³/mol. The average Bonchev–Trinajstić information content (AvgIpc) is 3.37. The van der Waals surface area contributed by atoms with Crippen molar-refractivity contribution in [3.63, 3.8) is 0 Å². The molecule has 1 fully saturated rings. The van der Waals surface area contributed by atoms with Crippen molar-refractivity contribution in [2.75, 3.05) is 32.3 Å². The molecule has 3 aromatic rings. The highest BCUT2D eigenvalue weighted by Gasteiger charge is 2.28. The maximum Gasteiger partial charge on any atom is 0.158 e. The molecule has 0 unspecified atom stereocenters. The number of ether oxygens (including phenoxy) is 3. The summed E-state index contributed by atoms with van der Waals surface area (Å²) in [6.45, 7) is 1.56. The summed E-state index contributed by atoms with van der Waals surface area (Å²) in [4.78, 5) is 2.27. The van der Waals surface area contributed by atoms with E-state index >= 15 is 0 Å². The summed E-state index contributed by atoms with van der Waals surface area (Å²) in [5, 5.41) is 0. The predicted octanol–water partition coefficient (Wildman–Crippen LogP) is 4.03. The van der Waals surface area contributed by atoms with Crippen LogP contribution in [0.2, 0.25) is 0 Å². The summed E-state index contributed by atoms with van der Waals surface area (Å²) < 4.78 is 18.8. The fourth-order valence-corrected chi connectivity index (χ4v) is 3.34. The highest BCUT2D eigenvalue weighted by Crippen LogP contribution is 2.34. The molecule has 1 saturated heterocycles. The molecule has 26 heavy (non-hydrogen) atoms. The molecular formula is C21H22N2O3. The molecule has 0 aliphatic carbocycles. The fourth-order valence-electron chi connectivity index (χ4n) is 3.34. The van der Waals surface area contributed by atoms with Crippen LogP contribution in [-0.2, 0) is 4.74 Å². The number of hydrogen-bond acceptors (Lipinski definition) is 4. The molecule has 0 N–H and O–H groups in total. The number of aromatic nitrogens is 1. The van der Waals surface area contributed by atoms with E-state index in [1.54, 1.807) is 14.2 Å². The van der Waals surface area contributed by atoms with Crippen molar-refractivity contribution in [2.24, 2.45) is 0 Å². The van der Waals surface area contributed by atoms with E-state index in [0.717, 1.165) is 35.0 Å². The molecule has 5 heteroatoms. The minimum absolute atomic E-state index is 0.0978. The lowest BCUT2D eigenvalue weighted by molar-refractivity contribution is 0.114. The van der Waals surface area contributed by atoms with Crippen LogP contribution in [0.3, 0.4) is 0 Å². The number of para-hydroxylation sites is 2. The number of methoxy groups -OCH3 is 2. The Morgan fingerprint density at radius 2 is 1.77 bits per heavy atom. The summed E-state index contributed by atoms with van der Waals surface area (Å²) in [7, 11) is 3.37. The van der Waals surface area contributed by atoms with Gasteiger partial charge in [0.2, 0.25) is 0 Å². The highest BCUT2D eigenvalue weighted by molar-refractivity contribution is 5.52. The molecule has 0 radical (unpaired) electrons. The van der Waals surface area contributed by atoms with Crippen molar-refractivity contribution in [2.45, 2.75) is 6.23 Å². The van der Waals surface area contributed by atoms with Crippen LogP contribution in [0.4, 0.5) is 5.69 Å². The van der Waals surface area contributed by atoms with E-state index in [-0.39, 0.29) is 6.23 Å². The minimum atomic E-state index is -0.0978. The fraction of sp³-hybridized carbons (Fsp3) is 0.238. The van der Waals surface area contributed by atoms with Crippen LogP contribution in [0.15, 0.2) is 67.0 Å². The molecule has 4 rings (SSSR count). The van der Waals surface area contributed by atoms with Crippen LogP contribution >= 0.6 is 0 Å². The second-order valence-electron chi connectivity index (χ2n) is 6.14. The molecule has 5 nitrogen and oxygen atoms in total. The number of nitrogens with zero attached hydrogens (tertiary/aromatic N) is 2. The quantitative estimate of drug-likeness (QED) is 0.696. The molecule has 2 heterocycles. The summed E-state index contributed by atoms with van der Waals surface area (Å²) in [5.74, 6) is 1.70. The van der Waals surface area contributed by atoms with Gasteiger partial charge < -0.3 is 23.7 Å². The van der Waals surface area contributed by atoms with Gasteiger partial charge in [0, 0.05) is 30.2 Å². The summed E-state index contributed by atoms with van der Waals surface area (Å²) >= 11 is 0. The van der Waals surface area contributed by atoms with Gasteiger partial charge in [0.25, 0.3) is 0 Å². The first-order valence-electron chi connectivity index (χ1n) is 8.64. The smallest absolute Gasteiger partial charge is 0.158 e. The second kappa shape index (κ2) is 7.14. The standard InChI is InChI=1S/C21H22N2O3/c1-24-18-9-7-17(8-10-18)23-13-14-26-21(23)16-11-12-22(15-16)19-5-3-4-6-20(19)25-2/h3-12,15,21H,13-14H2,1-2H3/t21-/m0/s1. The number of rotatable bonds is 5. The van der Waals surface area contributed by atoms with Crippen molar-refractivity contribution < 1.29 is 14.2 Å². The van der Waals surface area contributed by atoms with Gasteiger partial charge >= 0.3 is 0 Å². The van der Waals surface area contributed by atoms with Gasteiger partial charge in [-0.1, -0.05) is 12.1 Å². The minimum Gasteiger partial charge on any atom is -0.497 e. The lowest BCUT2D eigenvalue weighted by Crippen LogP contribution is -2.22. The maximum atomic E-state index is 6.02. The topological polar surface area (TPSA) is 35.9 Å². The average molecular weight is 350 g/mol. The zero-order valence-electron chi connectivity index (χ0n) is 15.0. The zero-order valence-corrected chi connectivity index (χ0v) is 15.0. The first-order valence-corrected chi connectivity index (χ1v) is 8.64. The Morgan fingerprint density at radius 3 is 2.54 bits per heavy atom.